The summed E-state index contributed by atoms with van der Waals surface area (Å²) in [4.78, 5) is 33.5. The third kappa shape index (κ3) is 5.85. The van der Waals surface area contributed by atoms with Gasteiger partial charge in [0.2, 0.25) is 0 Å². The molecule has 0 unspecified atom stereocenters. The van der Waals surface area contributed by atoms with E-state index in [0.717, 1.165) is 41.8 Å². The first-order valence-electron chi connectivity index (χ1n) is 13.0. The van der Waals surface area contributed by atoms with Crippen LogP contribution in [0.1, 0.15) is 35.8 Å². The van der Waals surface area contributed by atoms with Crippen molar-refractivity contribution in [2.24, 2.45) is 5.10 Å². The van der Waals surface area contributed by atoms with Crippen molar-refractivity contribution in [1.82, 2.24) is 15.0 Å². The molecule has 0 atom stereocenters. The average Bonchev–Trinajstić information content (AvgIpc) is 3.35. The molecule has 0 saturated carbocycles. The average molecular weight is 579 g/mol. The number of carbonyl (C=O) groups excluding carboxylic acids is 1. The molecule has 9 nitrogen and oxygen atoms in total. The van der Waals surface area contributed by atoms with Gasteiger partial charge in [0.25, 0.3) is 11.5 Å². The minimum atomic E-state index is -0.327. The summed E-state index contributed by atoms with van der Waals surface area (Å²) in [5, 5.41) is 5.23. The number of nitrogens with zero attached hydrogens (tertiary/aromatic N) is 3. The van der Waals surface area contributed by atoms with E-state index in [9.17, 15) is 9.59 Å². The van der Waals surface area contributed by atoms with Gasteiger partial charge in [0, 0.05) is 16.5 Å². The predicted molar refractivity (Wildman–Crippen MR) is 159 cm³/mol. The van der Waals surface area contributed by atoms with Crippen molar-refractivity contribution in [2.75, 3.05) is 26.6 Å². The highest BCUT2D eigenvalue weighted by molar-refractivity contribution is 7.99. The van der Waals surface area contributed by atoms with Crippen molar-refractivity contribution >= 4 is 45.4 Å². The maximum Gasteiger partial charge on any atom is 0.267 e. The molecule has 1 aliphatic rings. The zero-order valence-corrected chi connectivity index (χ0v) is 24.2. The van der Waals surface area contributed by atoms with Gasteiger partial charge in [-0.25, -0.2) is 10.4 Å². The fraction of sp³-hybridized carbons (Fsp3) is 0.310. The van der Waals surface area contributed by atoms with Crippen LogP contribution in [0.3, 0.4) is 0 Å². The Labute approximate surface area is 240 Å². The second kappa shape index (κ2) is 12.6. The van der Waals surface area contributed by atoms with Crippen LogP contribution in [0.5, 0.6) is 17.2 Å². The number of thioether (sulfide) groups is 1. The molecule has 0 spiro atoms. The van der Waals surface area contributed by atoms with Gasteiger partial charge in [0.1, 0.15) is 22.1 Å². The summed E-state index contributed by atoms with van der Waals surface area (Å²) in [5.74, 6) is 1.65. The van der Waals surface area contributed by atoms with Gasteiger partial charge in [0.05, 0.1) is 43.9 Å². The van der Waals surface area contributed by atoms with Gasteiger partial charge in [-0.15, -0.1) is 11.3 Å². The normalized spacial score (nSPS) is 12.9. The molecule has 11 heteroatoms. The lowest BCUT2D eigenvalue weighted by atomic mass is 9.97. The Balaban J connectivity index is 1.40. The van der Waals surface area contributed by atoms with Crippen LogP contribution >= 0.6 is 23.1 Å². The van der Waals surface area contributed by atoms with Gasteiger partial charge < -0.3 is 14.2 Å². The summed E-state index contributed by atoms with van der Waals surface area (Å²) >= 11 is 2.79. The van der Waals surface area contributed by atoms with E-state index in [1.54, 1.807) is 48.3 Å². The van der Waals surface area contributed by atoms with Crippen LogP contribution in [-0.2, 0) is 17.6 Å². The Kier molecular flexibility index (Phi) is 8.71. The number of thiophene rings is 1. The summed E-state index contributed by atoms with van der Waals surface area (Å²) in [6.07, 6.45) is 5.57. The van der Waals surface area contributed by atoms with Gasteiger partial charge in [-0.3, -0.25) is 14.2 Å². The molecule has 0 fully saturated rings. The number of methoxy groups -OCH3 is 2. The third-order valence-electron chi connectivity index (χ3n) is 6.53. The van der Waals surface area contributed by atoms with E-state index in [1.165, 1.54) is 22.9 Å². The first-order valence-corrected chi connectivity index (χ1v) is 14.8. The van der Waals surface area contributed by atoms with E-state index in [1.807, 2.05) is 31.2 Å². The Morgan fingerprint density at radius 1 is 1.12 bits per heavy atom. The van der Waals surface area contributed by atoms with E-state index in [4.69, 9.17) is 19.2 Å². The number of carbonyl (C=O) groups is 1. The molecule has 208 valence electrons. The van der Waals surface area contributed by atoms with E-state index >= 15 is 0 Å². The van der Waals surface area contributed by atoms with Crippen molar-refractivity contribution < 1.29 is 19.0 Å². The summed E-state index contributed by atoms with van der Waals surface area (Å²) in [5.41, 5.74) is 4.92. The van der Waals surface area contributed by atoms with Gasteiger partial charge in [-0.05, 0) is 74.6 Å². The smallest absolute Gasteiger partial charge is 0.267 e. The van der Waals surface area contributed by atoms with E-state index < -0.39 is 0 Å². The lowest BCUT2D eigenvalue weighted by Gasteiger charge is -2.14. The molecule has 5 rings (SSSR count). The number of rotatable bonds is 10. The standard InChI is InChI=1S/C29H30N4O5S2/c1-4-38-20-13-10-19(11-14-20)33-28(35)26-22-7-5-6-8-24(22)40-27(26)31-29(33)39-17-25(34)32-30-16-18-9-12-21(36-2)15-23(18)37-3/h9-16H,4-8,17H2,1-3H3,(H,32,34). The molecule has 0 radical (unpaired) electrons. The number of hydrogen-bond acceptors (Lipinski definition) is 9. The van der Waals surface area contributed by atoms with Crippen molar-refractivity contribution in [3.63, 3.8) is 0 Å². The first kappa shape index (κ1) is 27.7. The highest BCUT2D eigenvalue weighted by atomic mass is 32.2. The van der Waals surface area contributed by atoms with E-state index in [-0.39, 0.29) is 17.2 Å². The first-order chi connectivity index (χ1) is 19.5. The fourth-order valence-electron chi connectivity index (χ4n) is 4.63. The van der Waals surface area contributed by atoms with Gasteiger partial charge >= 0.3 is 0 Å². The fourth-order valence-corrected chi connectivity index (χ4v) is 6.74. The number of ether oxygens (including phenoxy) is 3. The summed E-state index contributed by atoms with van der Waals surface area (Å²) < 4.78 is 17.8. The molecule has 1 amide bonds. The highest BCUT2D eigenvalue weighted by Gasteiger charge is 2.23. The Morgan fingerprint density at radius 3 is 2.65 bits per heavy atom. The second-order valence-electron chi connectivity index (χ2n) is 9.04. The lowest BCUT2D eigenvalue weighted by molar-refractivity contribution is -0.118. The topological polar surface area (TPSA) is 104 Å². The Hall–Kier alpha value is -3.83. The van der Waals surface area contributed by atoms with Crippen LogP contribution < -0.4 is 25.2 Å². The third-order valence-corrected chi connectivity index (χ3v) is 8.65. The maximum absolute atomic E-state index is 13.9. The van der Waals surface area contributed by atoms with Gasteiger partial charge in [0.15, 0.2) is 5.16 Å². The number of aromatic nitrogens is 2. The monoisotopic (exact) mass is 578 g/mol. The van der Waals surface area contributed by atoms with Crippen molar-refractivity contribution in [1.29, 1.82) is 0 Å². The van der Waals surface area contributed by atoms with E-state index in [0.29, 0.717) is 39.9 Å². The zero-order chi connectivity index (χ0) is 28.1. The van der Waals surface area contributed by atoms with Crippen LogP contribution in [0.2, 0.25) is 0 Å². The molecule has 40 heavy (non-hydrogen) atoms. The van der Waals surface area contributed by atoms with Gasteiger partial charge in [-0.1, -0.05) is 11.8 Å². The van der Waals surface area contributed by atoms with Crippen molar-refractivity contribution in [3.05, 3.63) is 68.8 Å². The quantitative estimate of drug-likeness (QED) is 0.122. The van der Waals surface area contributed by atoms with Crippen LogP contribution in [0.4, 0.5) is 0 Å². The predicted octanol–water partition coefficient (Wildman–Crippen LogP) is 4.98. The van der Waals surface area contributed by atoms with Crippen LogP contribution in [0.25, 0.3) is 15.9 Å². The number of amides is 1. The highest BCUT2D eigenvalue weighted by Crippen LogP contribution is 2.35. The minimum Gasteiger partial charge on any atom is -0.497 e. The van der Waals surface area contributed by atoms with Crippen molar-refractivity contribution in [3.8, 4) is 22.9 Å². The number of nitrogens with one attached hydrogen (secondary N) is 1. The molecule has 1 aliphatic carbocycles. The molecule has 0 aliphatic heterocycles. The molecule has 4 aromatic rings. The van der Waals surface area contributed by atoms with Crippen LogP contribution in [0.15, 0.2) is 57.5 Å². The number of aryl methyl sites for hydroxylation is 2. The summed E-state index contributed by atoms with van der Waals surface area (Å²) in [7, 11) is 3.13. The second-order valence-corrected chi connectivity index (χ2v) is 11.1. The molecule has 0 saturated heterocycles. The SMILES string of the molecule is CCOc1ccc(-n2c(SCC(=O)NN=Cc3ccc(OC)cc3OC)nc3sc4c(c3c2=O)CCCC4)cc1. The van der Waals surface area contributed by atoms with Crippen LogP contribution in [0, 0.1) is 0 Å². The number of hydrogen-bond donors (Lipinski definition) is 1. The number of fused-ring (bicyclic) bond motifs is 3. The Morgan fingerprint density at radius 2 is 1.90 bits per heavy atom. The largest absolute Gasteiger partial charge is 0.497 e. The summed E-state index contributed by atoms with van der Waals surface area (Å²) in [6, 6.07) is 12.7. The Bertz CT molecular complexity index is 1610. The molecular weight excluding hydrogens is 548 g/mol. The minimum absolute atomic E-state index is 0.0250. The van der Waals surface area contributed by atoms with Crippen LogP contribution in [-0.4, -0.2) is 48.3 Å². The van der Waals surface area contributed by atoms with E-state index in [2.05, 4.69) is 10.5 Å². The lowest BCUT2D eigenvalue weighted by Crippen LogP contribution is -2.24. The maximum atomic E-state index is 13.9. The molecule has 1 N–H and O–H groups in total. The number of benzene rings is 2. The molecular formula is C29H30N4O5S2. The zero-order valence-electron chi connectivity index (χ0n) is 22.6. The molecule has 0 bridgehead atoms. The molecule has 2 aromatic carbocycles. The summed E-state index contributed by atoms with van der Waals surface area (Å²) in [6.45, 7) is 2.48. The number of hydrazone groups is 1. The molecule has 2 aromatic heterocycles. The van der Waals surface area contributed by atoms with Crippen molar-refractivity contribution in [2.45, 2.75) is 37.8 Å². The molecule has 2 heterocycles. The van der Waals surface area contributed by atoms with Gasteiger partial charge in [-0.2, -0.15) is 5.10 Å².